The fourth-order valence-electron chi connectivity index (χ4n) is 1.43. The van der Waals surface area contributed by atoms with Crippen LogP contribution < -0.4 is 0 Å². The molecule has 0 spiro atoms. The van der Waals surface area contributed by atoms with Crippen LogP contribution in [-0.4, -0.2) is 12.2 Å². The van der Waals surface area contributed by atoms with E-state index in [4.69, 9.17) is 4.74 Å². The van der Waals surface area contributed by atoms with Gasteiger partial charge in [-0.15, -0.1) is 0 Å². The Bertz CT molecular complexity index is 101. The molecule has 2 rings (SSSR count). The predicted octanol–water partition coefficient (Wildman–Crippen LogP) is 2.13. The highest BCUT2D eigenvalue weighted by Gasteiger charge is 2.27. The smallest absolute Gasteiger partial charge is 0.0615 e. The molecule has 0 heterocycles. The standard InChI is InChI=1S/C9H14O/c1-2-4-8(5-3-1)10-9-6-7-9/h4,6,8-9H,1-3,5,7H2. The number of rotatable bonds is 2. The molecule has 0 aromatic rings. The maximum atomic E-state index is 5.69. The summed E-state index contributed by atoms with van der Waals surface area (Å²) in [4.78, 5) is 0. The van der Waals surface area contributed by atoms with Gasteiger partial charge in [0.15, 0.2) is 0 Å². The molecule has 0 aromatic heterocycles. The van der Waals surface area contributed by atoms with Crippen LogP contribution in [0.25, 0.3) is 0 Å². The highest BCUT2D eigenvalue weighted by molar-refractivity contribution is 4.98. The van der Waals surface area contributed by atoms with Crippen LogP contribution >= 0.6 is 0 Å². The van der Waals surface area contributed by atoms with Crippen LogP contribution in [0.15, 0.2) is 0 Å². The molecule has 56 valence electrons. The molecule has 2 atom stereocenters. The summed E-state index contributed by atoms with van der Waals surface area (Å²) in [6.07, 6.45) is 12.0. The van der Waals surface area contributed by atoms with Gasteiger partial charge in [-0.25, -0.2) is 0 Å². The molecule has 0 bridgehead atoms. The molecule has 2 aliphatic rings. The van der Waals surface area contributed by atoms with Crippen molar-refractivity contribution in [1.29, 1.82) is 0 Å². The highest BCUT2D eigenvalue weighted by Crippen LogP contribution is 2.28. The van der Waals surface area contributed by atoms with Crippen molar-refractivity contribution >= 4 is 0 Å². The van der Waals surface area contributed by atoms with Gasteiger partial charge in [0.05, 0.1) is 12.2 Å². The minimum atomic E-state index is 0.484. The lowest BCUT2D eigenvalue weighted by Gasteiger charge is -2.21. The second-order valence-electron chi connectivity index (χ2n) is 3.20. The largest absolute Gasteiger partial charge is 0.374 e. The van der Waals surface area contributed by atoms with Gasteiger partial charge >= 0.3 is 0 Å². The summed E-state index contributed by atoms with van der Waals surface area (Å²) >= 11 is 0. The molecule has 10 heavy (non-hydrogen) atoms. The van der Waals surface area contributed by atoms with Gasteiger partial charge in [0.25, 0.3) is 0 Å². The van der Waals surface area contributed by atoms with E-state index >= 15 is 0 Å². The van der Waals surface area contributed by atoms with E-state index in [-0.39, 0.29) is 0 Å². The minimum absolute atomic E-state index is 0.484. The van der Waals surface area contributed by atoms with E-state index in [0.29, 0.717) is 12.2 Å². The van der Waals surface area contributed by atoms with Gasteiger partial charge in [0, 0.05) is 0 Å². The van der Waals surface area contributed by atoms with E-state index in [2.05, 4.69) is 12.8 Å². The fraction of sp³-hybridized carbons (Fsp3) is 0.778. The molecule has 2 unspecified atom stereocenters. The first-order chi connectivity index (χ1) is 4.95. The normalized spacial score (nSPS) is 28.8. The van der Waals surface area contributed by atoms with Crippen LogP contribution in [-0.2, 0) is 4.74 Å². The monoisotopic (exact) mass is 138 g/mol. The van der Waals surface area contributed by atoms with E-state index < -0.39 is 0 Å². The zero-order valence-electron chi connectivity index (χ0n) is 6.25. The van der Waals surface area contributed by atoms with Crippen LogP contribution in [0.2, 0.25) is 0 Å². The summed E-state index contributed by atoms with van der Waals surface area (Å²) < 4.78 is 5.69. The minimum Gasteiger partial charge on any atom is -0.374 e. The molecule has 2 aliphatic carbocycles. The summed E-state index contributed by atoms with van der Waals surface area (Å²) in [6.45, 7) is 0. The summed E-state index contributed by atoms with van der Waals surface area (Å²) in [7, 11) is 0. The molecular formula is C9H14O. The molecule has 2 radical (unpaired) electrons. The van der Waals surface area contributed by atoms with Gasteiger partial charge in [-0.1, -0.05) is 12.8 Å². The Balaban J connectivity index is 1.69. The number of ether oxygens (including phenoxy) is 1. The quantitative estimate of drug-likeness (QED) is 0.568. The maximum Gasteiger partial charge on any atom is 0.0615 e. The molecule has 1 nitrogen and oxygen atoms in total. The van der Waals surface area contributed by atoms with Gasteiger partial charge in [-0.05, 0) is 32.1 Å². The van der Waals surface area contributed by atoms with Crippen molar-refractivity contribution in [3.8, 4) is 0 Å². The number of hydrogen-bond acceptors (Lipinski definition) is 1. The molecule has 0 amide bonds. The zero-order chi connectivity index (χ0) is 6.81. The van der Waals surface area contributed by atoms with Crippen molar-refractivity contribution in [1.82, 2.24) is 0 Å². The number of hydrogen-bond donors (Lipinski definition) is 0. The summed E-state index contributed by atoms with van der Waals surface area (Å²) in [5, 5.41) is 0. The van der Waals surface area contributed by atoms with E-state index in [1.807, 2.05) is 0 Å². The lowest BCUT2D eigenvalue weighted by Crippen LogP contribution is -2.18. The van der Waals surface area contributed by atoms with E-state index in [1.54, 1.807) is 0 Å². The second-order valence-corrected chi connectivity index (χ2v) is 3.20. The lowest BCUT2D eigenvalue weighted by atomic mass is 9.98. The fourth-order valence-corrected chi connectivity index (χ4v) is 1.43. The topological polar surface area (TPSA) is 9.23 Å². The van der Waals surface area contributed by atoms with Gasteiger partial charge < -0.3 is 4.74 Å². The summed E-state index contributed by atoms with van der Waals surface area (Å²) in [5.41, 5.74) is 0. The van der Waals surface area contributed by atoms with Crippen LogP contribution in [0.3, 0.4) is 0 Å². The molecule has 0 saturated heterocycles. The first kappa shape index (κ1) is 6.66. The molecule has 0 aromatic carbocycles. The summed E-state index contributed by atoms with van der Waals surface area (Å²) in [5.74, 6) is 0. The summed E-state index contributed by atoms with van der Waals surface area (Å²) in [6, 6.07) is 0. The third-order valence-corrected chi connectivity index (χ3v) is 2.15. The van der Waals surface area contributed by atoms with Gasteiger partial charge in [-0.2, -0.15) is 0 Å². The molecule has 2 saturated carbocycles. The van der Waals surface area contributed by atoms with Gasteiger partial charge in [0.1, 0.15) is 0 Å². The highest BCUT2D eigenvalue weighted by atomic mass is 16.5. The van der Waals surface area contributed by atoms with Crippen LogP contribution in [0.4, 0.5) is 0 Å². The molecular weight excluding hydrogens is 124 g/mol. The van der Waals surface area contributed by atoms with E-state index in [9.17, 15) is 0 Å². The maximum absolute atomic E-state index is 5.69. The Morgan fingerprint density at radius 1 is 1.10 bits per heavy atom. The Morgan fingerprint density at radius 3 is 2.60 bits per heavy atom. The Labute approximate surface area is 62.8 Å². The third-order valence-electron chi connectivity index (χ3n) is 2.15. The predicted molar refractivity (Wildman–Crippen MR) is 40.3 cm³/mol. The average molecular weight is 138 g/mol. The SMILES string of the molecule is [CH]1CC1OC1[CH]CCCC1. The average Bonchev–Trinajstić information content (AvgIpc) is 2.74. The van der Waals surface area contributed by atoms with Crippen LogP contribution in [0, 0.1) is 12.8 Å². The van der Waals surface area contributed by atoms with Crippen molar-refractivity contribution in [2.75, 3.05) is 0 Å². The van der Waals surface area contributed by atoms with Crippen molar-refractivity contribution in [3.63, 3.8) is 0 Å². The van der Waals surface area contributed by atoms with Crippen molar-refractivity contribution in [2.45, 2.75) is 44.3 Å². The lowest BCUT2D eigenvalue weighted by molar-refractivity contribution is 0.0503. The van der Waals surface area contributed by atoms with E-state index in [0.717, 1.165) is 0 Å². The van der Waals surface area contributed by atoms with Gasteiger partial charge in [-0.3, -0.25) is 0 Å². The Hall–Kier alpha value is -0.0400. The second kappa shape index (κ2) is 2.91. The third kappa shape index (κ3) is 1.72. The van der Waals surface area contributed by atoms with Gasteiger partial charge in [0.2, 0.25) is 0 Å². The van der Waals surface area contributed by atoms with E-state index in [1.165, 1.54) is 32.1 Å². The van der Waals surface area contributed by atoms with Crippen LogP contribution in [0.1, 0.15) is 32.1 Å². The first-order valence-corrected chi connectivity index (χ1v) is 4.27. The van der Waals surface area contributed by atoms with Crippen molar-refractivity contribution in [2.24, 2.45) is 0 Å². The molecule has 0 N–H and O–H groups in total. The molecule has 1 heteroatoms. The Kier molecular flexibility index (Phi) is 1.94. The van der Waals surface area contributed by atoms with Crippen molar-refractivity contribution in [3.05, 3.63) is 12.8 Å². The molecule has 0 aliphatic heterocycles. The zero-order valence-corrected chi connectivity index (χ0v) is 6.25. The Morgan fingerprint density at radius 2 is 2.00 bits per heavy atom. The van der Waals surface area contributed by atoms with Crippen molar-refractivity contribution < 1.29 is 4.74 Å². The molecule has 2 fully saturated rings. The van der Waals surface area contributed by atoms with Crippen LogP contribution in [0.5, 0.6) is 0 Å². The first-order valence-electron chi connectivity index (χ1n) is 4.27.